The number of para-hydroxylation sites is 1. The van der Waals surface area contributed by atoms with E-state index in [0.29, 0.717) is 24.7 Å². The van der Waals surface area contributed by atoms with E-state index in [1.54, 1.807) is 17.0 Å². The number of amides is 2. The summed E-state index contributed by atoms with van der Waals surface area (Å²) < 4.78 is 0. The first kappa shape index (κ1) is 18.6. The van der Waals surface area contributed by atoms with Crippen molar-refractivity contribution in [1.82, 2.24) is 15.2 Å². The van der Waals surface area contributed by atoms with Gasteiger partial charge in [-0.15, -0.1) is 0 Å². The van der Waals surface area contributed by atoms with Crippen molar-refractivity contribution in [3.05, 3.63) is 70.9 Å². The van der Waals surface area contributed by atoms with E-state index in [1.165, 1.54) is 10.9 Å². The van der Waals surface area contributed by atoms with Gasteiger partial charge in [0.1, 0.15) is 0 Å². The second-order valence-electron chi connectivity index (χ2n) is 7.19. The number of hydrogen-bond donors (Lipinski definition) is 2. The predicted molar refractivity (Wildman–Crippen MR) is 110 cm³/mol. The van der Waals surface area contributed by atoms with Gasteiger partial charge in [-0.1, -0.05) is 41.9 Å². The van der Waals surface area contributed by atoms with Gasteiger partial charge in [-0.05, 0) is 35.7 Å². The Bertz CT molecular complexity index is 996. The van der Waals surface area contributed by atoms with E-state index in [-0.39, 0.29) is 24.2 Å². The number of nitrogens with one attached hydrogen (secondary N) is 2. The number of benzene rings is 2. The van der Waals surface area contributed by atoms with Crippen LogP contribution in [0.5, 0.6) is 0 Å². The van der Waals surface area contributed by atoms with Gasteiger partial charge in [-0.2, -0.15) is 0 Å². The van der Waals surface area contributed by atoms with Crippen LogP contribution in [-0.2, 0) is 22.6 Å². The molecule has 0 radical (unpaired) electrons. The lowest BCUT2D eigenvalue weighted by molar-refractivity contribution is -0.129. The highest BCUT2D eigenvalue weighted by Crippen LogP contribution is 2.22. The molecule has 6 heteroatoms. The number of carbonyl (C=O) groups is 2. The summed E-state index contributed by atoms with van der Waals surface area (Å²) in [5.74, 6) is -0.313. The molecular weight excluding hydrogens is 374 g/mol. The van der Waals surface area contributed by atoms with Crippen LogP contribution in [-0.4, -0.2) is 34.8 Å². The van der Waals surface area contributed by atoms with E-state index in [0.717, 1.165) is 17.5 Å². The van der Waals surface area contributed by atoms with Gasteiger partial charge in [0, 0.05) is 48.2 Å². The first-order chi connectivity index (χ1) is 13.6. The third-order valence-electron chi connectivity index (χ3n) is 5.29. The number of nitrogens with zero attached hydrogens (tertiary/aromatic N) is 1. The fourth-order valence-corrected chi connectivity index (χ4v) is 3.82. The van der Waals surface area contributed by atoms with Crippen molar-refractivity contribution >= 4 is 34.3 Å². The summed E-state index contributed by atoms with van der Waals surface area (Å²) in [4.78, 5) is 29.9. The topological polar surface area (TPSA) is 65.2 Å². The first-order valence-electron chi connectivity index (χ1n) is 9.45. The van der Waals surface area contributed by atoms with E-state index in [2.05, 4.69) is 16.4 Å². The minimum absolute atomic E-state index is 0.0477. The van der Waals surface area contributed by atoms with Crippen molar-refractivity contribution in [2.45, 2.75) is 19.4 Å². The van der Waals surface area contributed by atoms with Crippen LogP contribution >= 0.6 is 11.6 Å². The van der Waals surface area contributed by atoms with Gasteiger partial charge in [-0.3, -0.25) is 9.59 Å². The Morgan fingerprint density at radius 2 is 1.96 bits per heavy atom. The fraction of sp³-hybridized carbons (Fsp3) is 0.273. The zero-order valence-electron chi connectivity index (χ0n) is 15.5. The van der Waals surface area contributed by atoms with Gasteiger partial charge in [0.05, 0.1) is 5.92 Å². The summed E-state index contributed by atoms with van der Waals surface area (Å²) in [5, 5.41) is 4.78. The molecule has 2 N–H and O–H groups in total. The van der Waals surface area contributed by atoms with E-state index in [4.69, 9.17) is 11.6 Å². The van der Waals surface area contributed by atoms with Crippen LogP contribution in [0.3, 0.4) is 0 Å². The third kappa shape index (κ3) is 4.04. The van der Waals surface area contributed by atoms with Crippen LogP contribution in [0.1, 0.15) is 17.5 Å². The molecule has 1 atom stereocenters. The summed E-state index contributed by atoms with van der Waals surface area (Å²) >= 11 is 5.88. The van der Waals surface area contributed by atoms with Crippen molar-refractivity contribution in [2.75, 3.05) is 13.1 Å². The lowest BCUT2D eigenvalue weighted by atomic mass is 10.1. The summed E-state index contributed by atoms with van der Waals surface area (Å²) in [7, 11) is 0. The molecule has 5 nitrogen and oxygen atoms in total. The smallest absolute Gasteiger partial charge is 0.225 e. The number of carbonyl (C=O) groups excluding carboxylic acids is 2. The van der Waals surface area contributed by atoms with Crippen molar-refractivity contribution in [2.24, 2.45) is 5.92 Å². The monoisotopic (exact) mass is 395 g/mol. The Labute approximate surface area is 168 Å². The van der Waals surface area contributed by atoms with E-state index in [1.807, 2.05) is 36.5 Å². The van der Waals surface area contributed by atoms with Crippen LogP contribution in [0.15, 0.2) is 54.7 Å². The molecule has 28 heavy (non-hydrogen) atoms. The van der Waals surface area contributed by atoms with Crippen LogP contribution in [0, 0.1) is 5.92 Å². The number of rotatable bonds is 6. The molecule has 1 aliphatic heterocycles. The average molecular weight is 396 g/mol. The van der Waals surface area contributed by atoms with Crippen molar-refractivity contribution in [3.63, 3.8) is 0 Å². The molecule has 2 heterocycles. The van der Waals surface area contributed by atoms with Crippen LogP contribution in [0.4, 0.5) is 0 Å². The van der Waals surface area contributed by atoms with E-state index < -0.39 is 0 Å². The highest BCUT2D eigenvalue weighted by atomic mass is 35.5. The molecule has 2 aromatic carbocycles. The minimum atomic E-state index is -0.289. The molecule has 1 unspecified atom stereocenters. The van der Waals surface area contributed by atoms with Crippen LogP contribution < -0.4 is 5.32 Å². The lowest BCUT2D eigenvalue weighted by Crippen LogP contribution is -2.33. The first-order valence-corrected chi connectivity index (χ1v) is 9.83. The largest absolute Gasteiger partial charge is 0.361 e. The summed E-state index contributed by atoms with van der Waals surface area (Å²) in [6.07, 6.45) is 3.05. The number of aromatic amines is 1. The Morgan fingerprint density at radius 1 is 1.18 bits per heavy atom. The molecule has 2 amide bonds. The molecule has 1 saturated heterocycles. The Kier molecular flexibility index (Phi) is 5.35. The maximum atomic E-state index is 12.5. The fourth-order valence-electron chi connectivity index (χ4n) is 3.69. The van der Waals surface area contributed by atoms with Gasteiger partial charge >= 0.3 is 0 Å². The van der Waals surface area contributed by atoms with Gasteiger partial charge < -0.3 is 15.2 Å². The van der Waals surface area contributed by atoms with Crippen molar-refractivity contribution < 1.29 is 9.59 Å². The van der Waals surface area contributed by atoms with Gasteiger partial charge in [0.2, 0.25) is 11.8 Å². The zero-order chi connectivity index (χ0) is 19.5. The standard InChI is InChI=1S/C22H22ClN3O2/c23-18-7-5-15(6-8-18)12-25-22(28)17-11-21(27)26(14-17)10-9-16-13-24-20-4-2-1-3-19(16)20/h1-8,13,17,24H,9-12,14H2,(H,25,28). The van der Waals surface area contributed by atoms with Crippen molar-refractivity contribution in [3.8, 4) is 0 Å². The number of likely N-dealkylation sites (tertiary alicyclic amines) is 1. The number of hydrogen-bond acceptors (Lipinski definition) is 2. The normalized spacial score (nSPS) is 16.7. The molecule has 1 fully saturated rings. The van der Waals surface area contributed by atoms with E-state index in [9.17, 15) is 9.59 Å². The maximum Gasteiger partial charge on any atom is 0.225 e. The Morgan fingerprint density at radius 3 is 2.79 bits per heavy atom. The van der Waals surface area contributed by atoms with Gasteiger partial charge in [-0.25, -0.2) is 0 Å². The highest BCUT2D eigenvalue weighted by molar-refractivity contribution is 6.30. The predicted octanol–water partition coefficient (Wildman–Crippen LogP) is 3.53. The molecule has 3 aromatic rings. The van der Waals surface area contributed by atoms with Crippen molar-refractivity contribution in [1.29, 1.82) is 0 Å². The maximum absolute atomic E-state index is 12.5. The van der Waals surface area contributed by atoms with Crippen LogP contribution in [0.2, 0.25) is 5.02 Å². The number of H-pyrrole nitrogens is 1. The van der Waals surface area contributed by atoms with Gasteiger partial charge in [0.25, 0.3) is 0 Å². The average Bonchev–Trinajstić information content (AvgIpc) is 3.29. The molecule has 1 aromatic heterocycles. The molecule has 0 spiro atoms. The SMILES string of the molecule is O=C(NCc1ccc(Cl)cc1)C1CC(=O)N(CCc2c[nH]c3ccccc23)C1. The quantitative estimate of drug-likeness (QED) is 0.670. The second kappa shape index (κ2) is 8.07. The molecule has 4 rings (SSSR count). The zero-order valence-corrected chi connectivity index (χ0v) is 16.2. The van der Waals surface area contributed by atoms with Gasteiger partial charge in [0.15, 0.2) is 0 Å². The molecule has 0 aliphatic carbocycles. The lowest BCUT2D eigenvalue weighted by Gasteiger charge is -2.16. The van der Waals surface area contributed by atoms with Crippen LogP contribution in [0.25, 0.3) is 10.9 Å². The summed E-state index contributed by atoms with van der Waals surface area (Å²) in [5.41, 5.74) is 3.28. The third-order valence-corrected chi connectivity index (χ3v) is 5.54. The second-order valence-corrected chi connectivity index (χ2v) is 7.63. The molecule has 144 valence electrons. The summed E-state index contributed by atoms with van der Waals surface area (Å²) in [6, 6.07) is 15.5. The van der Waals surface area contributed by atoms with E-state index >= 15 is 0 Å². The molecule has 1 aliphatic rings. The number of halogens is 1. The minimum Gasteiger partial charge on any atom is -0.361 e. The molecule has 0 bridgehead atoms. The highest BCUT2D eigenvalue weighted by Gasteiger charge is 2.33. The Hall–Kier alpha value is -2.79. The molecular formula is C22H22ClN3O2. The Balaban J connectivity index is 1.30. The molecule has 0 saturated carbocycles. The number of aromatic nitrogens is 1. The number of fused-ring (bicyclic) bond motifs is 1. The summed E-state index contributed by atoms with van der Waals surface area (Å²) in [6.45, 7) is 1.55.